The molecule has 0 unspecified atom stereocenters. The second-order valence-electron chi connectivity index (χ2n) is 2.66. The molecule has 0 saturated heterocycles. The summed E-state index contributed by atoms with van der Waals surface area (Å²) >= 11 is 0. The van der Waals surface area contributed by atoms with Gasteiger partial charge >= 0.3 is 0 Å². The van der Waals surface area contributed by atoms with Crippen molar-refractivity contribution in [1.29, 1.82) is 0 Å². The number of aromatic amines is 1. The summed E-state index contributed by atoms with van der Waals surface area (Å²) < 4.78 is 0. The third-order valence-corrected chi connectivity index (χ3v) is 1.41. The van der Waals surface area contributed by atoms with Crippen LogP contribution in [-0.2, 0) is 6.54 Å². The van der Waals surface area contributed by atoms with Gasteiger partial charge in [0.05, 0.1) is 5.69 Å². The van der Waals surface area contributed by atoms with E-state index in [1.807, 2.05) is 0 Å². The van der Waals surface area contributed by atoms with E-state index in [-0.39, 0.29) is 12.1 Å². The Hall–Kier alpha value is -1.36. The summed E-state index contributed by atoms with van der Waals surface area (Å²) in [4.78, 5) is 19.4. The molecule has 5 heteroatoms. The maximum atomic E-state index is 11.0. The van der Waals surface area contributed by atoms with E-state index in [0.29, 0.717) is 11.6 Å². The maximum absolute atomic E-state index is 11.0. The first kappa shape index (κ1) is 8.73. The van der Waals surface area contributed by atoms with Crippen LogP contribution in [0.1, 0.15) is 5.69 Å². The van der Waals surface area contributed by atoms with E-state index in [1.54, 1.807) is 19.0 Å². The van der Waals surface area contributed by atoms with Gasteiger partial charge in [0.2, 0.25) is 5.95 Å². The number of nitrogens with one attached hydrogen (secondary N) is 1. The molecule has 0 aliphatic carbocycles. The second kappa shape index (κ2) is 3.36. The standard InChI is InChI=1S/C7H12N4O/c1-11(2)7-9-5(4-8)3-6(12)10-7/h3H,4,8H2,1-2H3,(H,9,10,12). The average molecular weight is 168 g/mol. The van der Waals surface area contributed by atoms with E-state index in [4.69, 9.17) is 5.73 Å². The molecule has 66 valence electrons. The first-order valence-electron chi connectivity index (χ1n) is 3.61. The smallest absolute Gasteiger partial charge is 0.252 e. The molecule has 0 aliphatic rings. The summed E-state index contributed by atoms with van der Waals surface area (Å²) in [5.74, 6) is 0.531. The Balaban J connectivity index is 3.15. The summed E-state index contributed by atoms with van der Waals surface area (Å²) in [7, 11) is 3.61. The van der Waals surface area contributed by atoms with Gasteiger partial charge < -0.3 is 10.6 Å². The van der Waals surface area contributed by atoms with Crippen molar-refractivity contribution < 1.29 is 0 Å². The maximum Gasteiger partial charge on any atom is 0.252 e. The molecule has 1 rings (SSSR count). The fourth-order valence-corrected chi connectivity index (χ4v) is 0.810. The van der Waals surface area contributed by atoms with E-state index >= 15 is 0 Å². The third kappa shape index (κ3) is 1.82. The number of anilines is 1. The topological polar surface area (TPSA) is 75.0 Å². The molecule has 3 N–H and O–H groups in total. The van der Waals surface area contributed by atoms with Crippen LogP contribution in [-0.4, -0.2) is 24.1 Å². The zero-order valence-corrected chi connectivity index (χ0v) is 7.16. The highest BCUT2D eigenvalue weighted by Gasteiger charge is 2.00. The first-order chi connectivity index (χ1) is 5.63. The molecule has 0 radical (unpaired) electrons. The van der Waals surface area contributed by atoms with Gasteiger partial charge in [-0.05, 0) is 0 Å². The minimum absolute atomic E-state index is 0.172. The number of hydrogen-bond donors (Lipinski definition) is 2. The van der Waals surface area contributed by atoms with E-state index < -0.39 is 0 Å². The Labute approximate surface area is 70.2 Å². The Morgan fingerprint density at radius 3 is 2.83 bits per heavy atom. The highest BCUT2D eigenvalue weighted by molar-refractivity contribution is 5.26. The van der Waals surface area contributed by atoms with E-state index in [1.165, 1.54) is 6.07 Å². The number of nitrogens with zero attached hydrogens (tertiary/aromatic N) is 2. The molecule has 0 amide bonds. The lowest BCUT2D eigenvalue weighted by atomic mass is 10.4. The molecule has 0 atom stereocenters. The molecule has 0 aliphatic heterocycles. The van der Waals surface area contributed by atoms with Crippen LogP contribution < -0.4 is 16.2 Å². The van der Waals surface area contributed by atoms with Crippen molar-refractivity contribution in [2.75, 3.05) is 19.0 Å². The number of aromatic nitrogens is 2. The van der Waals surface area contributed by atoms with Crippen molar-refractivity contribution in [3.8, 4) is 0 Å². The predicted molar refractivity (Wildman–Crippen MR) is 47.1 cm³/mol. The molecular formula is C7H12N4O. The predicted octanol–water partition coefficient (Wildman–Crippen LogP) is -0.705. The zero-order valence-electron chi connectivity index (χ0n) is 7.16. The summed E-state index contributed by atoms with van der Waals surface area (Å²) in [5, 5.41) is 0. The molecule has 0 spiro atoms. The SMILES string of the molecule is CN(C)c1nc(CN)cc(=O)[nH]1. The lowest BCUT2D eigenvalue weighted by molar-refractivity contribution is 0.909. The normalized spacial score (nSPS) is 9.92. The molecule has 0 aromatic carbocycles. The Bertz CT molecular complexity index is 317. The molecule has 12 heavy (non-hydrogen) atoms. The van der Waals surface area contributed by atoms with Gasteiger partial charge in [0, 0.05) is 26.7 Å². The average Bonchev–Trinajstić information content (AvgIpc) is 2.03. The van der Waals surface area contributed by atoms with E-state index in [2.05, 4.69) is 9.97 Å². The van der Waals surface area contributed by atoms with Crippen molar-refractivity contribution in [3.63, 3.8) is 0 Å². The summed E-state index contributed by atoms with van der Waals surface area (Å²) in [6.07, 6.45) is 0. The van der Waals surface area contributed by atoms with Gasteiger partial charge in [0.25, 0.3) is 5.56 Å². The number of hydrogen-bond acceptors (Lipinski definition) is 4. The Morgan fingerprint density at radius 1 is 1.67 bits per heavy atom. The van der Waals surface area contributed by atoms with Gasteiger partial charge in [-0.1, -0.05) is 0 Å². The molecule has 1 heterocycles. The summed E-state index contributed by atoms with van der Waals surface area (Å²) in [6, 6.07) is 1.40. The number of rotatable bonds is 2. The van der Waals surface area contributed by atoms with Crippen molar-refractivity contribution in [2.24, 2.45) is 5.73 Å². The van der Waals surface area contributed by atoms with Crippen LogP contribution >= 0.6 is 0 Å². The van der Waals surface area contributed by atoms with Crippen molar-refractivity contribution in [1.82, 2.24) is 9.97 Å². The van der Waals surface area contributed by atoms with Gasteiger partial charge in [-0.25, -0.2) is 4.98 Å². The Morgan fingerprint density at radius 2 is 2.33 bits per heavy atom. The second-order valence-corrected chi connectivity index (χ2v) is 2.66. The van der Waals surface area contributed by atoms with Crippen LogP contribution in [0.4, 0.5) is 5.95 Å². The fourth-order valence-electron chi connectivity index (χ4n) is 0.810. The van der Waals surface area contributed by atoms with Gasteiger partial charge in [0.15, 0.2) is 0 Å². The van der Waals surface area contributed by atoms with Crippen LogP contribution in [0.5, 0.6) is 0 Å². The van der Waals surface area contributed by atoms with E-state index in [0.717, 1.165) is 0 Å². The largest absolute Gasteiger partial charge is 0.348 e. The number of H-pyrrole nitrogens is 1. The highest BCUT2D eigenvalue weighted by Crippen LogP contribution is 1.98. The molecule has 0 saturated carbocycles. The summed E-state index contributed by atoms with van der Waals surface area (Å²) in [5.41, 5.74) is 5.78. The van der Waals surface area contributed by atoms with Crippen LogP contribution in [0, 0.1) is 0 Å². The molecule has 0 fully saturated rings. The number of nitrogens with two attached hydrogens (primary N) is 1. The van der Waals surface area contributed by atoms with Crippen molar-refractivity contribution >= 4 is 5.95 Å². The van der Waals surface area contributed by atoms with Crippen molar-refractivity contribution in [2.45, 2.75) is 6.54 Å². The summed E-state index contributed by atoms with van der Waals surface area (Å²) in [6.45, 7) is 0.282. The Kier molecular flexibility index (Phi) is 2.44. The first-order valence-corrected chi connectivity index (χ1v) is 3.61. The minimum atomic E-state index is -0.172. The van der Waals surface area contributed by atoms with Gasteiger partial charge in [0.1, 0.15) is 0 Å². The minimum Gasteiger partial charge on any atom is -0.348 e. The molecule has 1 aromatic heterocycles. The fraction of sp³-hybridized carbons (Fsp3) is 0.429. The van der Waals surface area contributed by atoms with E-state index in [9.17, 15) is 4.79 Å². The monoisotopic (exact) mass is 168 g/mol. The van der Waals surface area contributed by atoms with Gasteiger partial charge in [-0.2, -0.15) is 0 Å². The lowest BCUT2D eigenvalue weighted by Crippen LogP contribution is -2.20. The van der Waals surface area contributed by atoms with Gasteiger partial charge in [-0.3, -0.25) is 9.78 Å². The lowest BCUT2D eigenvalue weighted by Gasteiger charge is -2.10. The third-order valence-electron chi connectivity index (χ3n) is 1.41. The molecular weight excluding hydrogens is 156 g/mol. The van der Waals surface area contributed by atoms with Gasteiger partial charge in [-0.15, -0.1) is 0 Å². The van der Waals surface area contributed by atoms with Crippen LogP contribution in [0.3, 0.4) is 0 Å². The molecule has 5 nitrogen and oxygen atoms in total. The quantitative estimate of drug-likeness (QED) is 0.612. The van der Waals surface area contributed by atoms with Crippen LogP contribution in [0.25, 0.3) is 0 Å². The van der Waals surface area contributed by atoms with Crippen LogP contribution in [0.2, 0.25) is 0 Å². The zero-order chi connectivity index (χ0) is 9.14. The highest BCUT2D eigenvalue weighted by atomic mass is 16.1. The molecule has 1 aromatic rings. The molecule has 0 bridgehead atoms. The van der Waals surface area contributed by atoms with Crippen molar-refractivity contribution in [3.05, 3.63) is 22.1 Å². The van der Waals surface area contributed by atoms with Crippen LogP contribution in [0.15, 0.2) is 10.9 Å².